The third-order valence-corrected chi connectivity index (χ3v) is 2.64. The molecule has 0 spiro atoms. The molecule has 0 aromatic heterocycles. The summed E-state index contributed by atoms with van der Waals surface area (Å²) in [6.45, 7) is -0.557. The van der Waals surface area contributed by atoms with E-state index in [1.165, 1.54) is 18.2 Å². The highest BCUT2D eigenvalue weighted by atomic mass is 19.1. The zero-order valence-electron chi connectivity index (χ0n) is 11.6. The first-order valence-electron chi connectivity index (χ1n) is 6.38. The SMILES string of the molecule is O=C(COc1ccccc1F)NNC(=O)c1cc(F)cc(F)c1. The van der Waals surface area contributed by atoms with Crippen molar-refractivity contribution < 1.29 is 27.5 Å². The van der Waals surface area contributed by atoms with Gasteiger partial charge in [0.05, 0.1) is 0 Å². The lowest BCUT2D eigenvalue weighted by Crippen LogP contribution is -2.43. The first-order chi connectivity index (χ1) is 11.0. The van der Waals surface area contributed by atoms with Crippen molar-refractivity contribution in [3.63, 3.8) is 0 Å². The molecule has 0 heterocycles. The van der Waals surface area contributed by atoms with Crippen molar-refractivity contribution in [2.75, 3.05) is 6.61 Å². The number of rotatable bonds is 4. The molecule has 0 aliphatic carbocycles. The molecule has 2 N–H and O–H groups in total. The summed E-state index contributed by atoms with van der Waals surface area (Å²) in [5.74, 6) is -4.31. The molecule has 0 saturated heterocycles. The molecule has 5 nitrogen and oxygen atoms in total. The fourth-order valence-electron chi connectivity index (χ4n) is 1.62. The molecule has 120 valence electrons. The summed E-state index contributed by atoms with van der Waals surface area (Å²) < 4.78 is 44.1. The zero-order valence-corrected chi connectivity index (χ0v) is 11.6. The van der Waals surface area contributed by atoms with Gasteiger partial charge in [0.25, 0.3) is 11.8 Å². The van der Waals surface area contributed by atoms with Crippen LogP contribution in [0.4, 0.5) is 13.2 Å². The van der Waals surface area contributed by atoms with Gasteiger partial charge in [-0.3, -0.25) is 20.4 Å². The van der Waals surface area contributed by atoms with Gasteiger partial charge in [-0.25, -0.2) is 13.2 Å². The molecule has 2 rings (SSSR count). The van der Waals surface area contributed by atoms with Gasteiger partial charge < -0.3 is 4.74 Å². The molecule has 2 aromatic rings. The lowest BCUT2D eigenvalue weighted by atomic mass is 10.2. The van der Waals surface area contributed by atoms with Crippen LogP contribution in [-0.2, 0) is 4.79 Å². The first kappa shape index (κ1) is 16.3. The quantitative estimate of drug-likeness (QED) is 0.845. The molecule has 0 atom stereocenters. The second-order valence-corrected chi connectivity index (χ2v) is 4.38. The van der Waals surface area contributed by atoms with E-state index in [4.69, 9.17) is 4.74 Å². The Kier molecular flexibility index (Phi) is 5.19. The fourth-order valence-corrected chi connectivity index (χ4v) is 1.62. The van der Waals surface area contributed by atoms with Gasteiger partial charge in [0.1, 0.15) is 11.6 Å². The van der Waals surface area contributed by atoms with Crippen molar-refractivity contribution in [2.24, 2.45) is 0 Å². The Labute approximate surface area is 129 Å². The molecule has 0 saturated carbocycles. The van der Waals surface area contributed by atoms with Crippen LogP contribution in [0, 0.1) is 17.5 Å². The lowest BCUT2D eigenvalue weighted by Gasteiger charge is -2.09. The minimum absolute atomic E-state index is 0.124. The van der Waals surface area contributed by atoms with Gasteiger partial charge in [0, 0.05) is 11.6 Å². The maximum Gasteiger partial charge on any atom is 0.276 e. The lowest BCUT2D eigenvalue weighted by molar-refractivity contribution is -0.123. The standard InChI is InChI=1S/C15H11F3N2O3/c16-10-5-9(6-11(17)7-10)15(22)20-19-14(21)8-23-13-4-2-1-3-12(13)18/h1-7H,8H2,(H,19,21)(H,20,22). The summed E-state index contributed by atoms with van der Waals surface area (Å²) in [6.07, 6.45) is 0. The van der Waals surface area contributed by atoms with Crippen molar-refractivity contribution in [1.29, 1.82) is 0 Å². The highest BCUT2D eigenvalue weighted by Gasteiger charge is 2.11. The Bertz CT molecular complexity index is 717. The number of nitrogens with one attached hydrogen (secondary N) is 2. The van der Waals surface area contributed by atoms with Crippen LogP contribution in [0.15, 0.2) is 42.5 Å². The molecule has 0 aliphatic heterocycles. The number of carbonyl (C=O) groups is 2. The molecular formula is C15H11F3N2O3. The second kappa shape index (κ2) is 7.30. The Balaban J connectivity index is 1.84. The van der Waals surface area contributed by atoms with Gasteiger partial charge in [0.15, 0.2) is 18.2 Å². The molecule has 0 fully saturated rings. The number of hydrazine groups is 1. The first-order valence-corrected chi connectivity index (χ1v) is 6.38. The van der Waals surface area contributed by atoms with Crippen LogP contribution in [0.2, 0.25) is 0 Å². The van der Waals surface area contributed by atoms with Crippen LogP contribution in [0.3, 0.4) is 0 Å². The van der Waals surface area contributed by atoms with Gasteiger partial charge in [-0.05, 0) is 24.3 Å². The number of halogens is 3. The third kappa shape index (κ3) is 4.73. The van der Waals surface area contributed by atoms with E-state index >= 15 is 0 Å². The zero-order chi connectivity index (χ0) is 16.8. The Hall–Kier alpha value is -3.03. The Morgan fingerprint density at radius 3 is 2.26 bits per heavy atom. The number of amides is 2. The van der Waals surface area contributed by atoms with Gasteiger partial charge in [0.2, 0.25) is 0 Å². The molecule has 0 aliphatic rings. The number of benzene rings is 2. The van der Waals surface area contributed by atoms with E-state index < -0.39 is 35.9 Å². The number of ether oxygens (including phenoxy) is 1. The summed E-state index contributed by atoms with van der Waals surface area (Å²) in [7, 11) is 0. The predicted octanol–water partition coefficient (Wildman–Crippen LogP) is 1.94. The summed E-state index contributed by atoms with van der Waals surface area (Å²) in [5.41, 5.74) is 3.63. The Morgan fingerprint density at radius 2 is 1.61 bits per heavy atom. The molecular weight excluding hydrogens is 313 g/mol. The van der Waals surface area contributed by atoms with Crippen molar-refractivity contribution >= 4 is 11.8 Å². The van der Waals surface area contributed by atoms with Gasteiger partial charge in [-0.2, -0.15) is 0 Å². The van der Waals surface area contributed by atoms with Crippen molar-refractivity contribution in [2.45, 2.75) is 0 Å². The summed E-state index contributed by atoms with van der Waals surface area (Å²) in [6, 6.07) is 7.69. The van der Waals surface area contributed by atoms with Crippen molar-refractivity contribution in [3.8, 4) is 5.75 Å². The normalized spacial score (nSPS) is 10.0. The maximum absolute atomic E-state index is 13.3. The van der Waals surface area contributed by atoms with Crippen molar-refractivity contribution in [1.82, 2.24) is 10.9 Å². The van der Waals surface area contributed by atoms with E-state index in [-0.39, 0.29) is 11.3 Å². The topological polar surface area (TPSA) is 67.4 Å². The van der Waals surface area contributed by atoms with E-state index in [0.29, 0.717) is 6.07 Å². The van der Waals surface area contributed by atoms with Gasteiger partial charge >= 0.3 is 0 Å². The van der Waals surface area contributed by atoms with Crippen LogP contribution in [0.5, 0.6) is 5.75 Å². The molecule has 8 heteroatoms. The minimum atomic E-state index is -0.927. The van der Waals surface area contributed by atoms with Gasteiger partial charge in [-0.15, -0.1) is 0 Å². The minimum Gasteiger partial charge on any atom is -0.481 e. The van der Waals surface area contributed by atoms with E-state index in [0.717, 1.165) is 18.2 Å². The summed E-state index contributed by atoms with van der Waals surface area (Å²) in [5, 5.41) is 0. The van der Waals surface area contributed by atoms with E-state index in [2.05, 4.69) is 0 Å². The number of para-hydroxylation sites is 1. The highest BCUT2D eigenvalue weighted by molar-refractivity contribution is 5.95. The number of hydrogen-bond donors (Lipinski definition) is 2. The Morgan fingerprint density at radius 1 is 0.957 bits per heavy atom. The third-order valence-electron chi connectivity index (χ3n) is 2.64. The second-order valence-electron chi connectivity index (χ2n) is 4.38. The van der Waals surface area contributed by atoms with Crippen LogP contribution in [0.1, 0.15) is 10.4 Å². The smallest absolute Gasteiger partial charge is 0.276 e. The van der Waals surface area contributed by atoms with E-state index in [1.807, 2.05) is 10.9 Å². The molecule has 0 bridgehead atoms. The average Bonchev–Trinajstić information content (AvgIpc) is 2.51. The number of hydrogen-bond acceptors (Lipinski definition) is 3. The van der Waals surface area contributed by atoms with E-state index in [9.17, 15) is 22.8 Å². The molecule has 23 heavy (non-hydrogen) atoms. The van der Waals surface area contributed by atoms with Crippen LogP contribution >= 0.6 is 0 Å². The number of carbonyl (C=O) groups excluding carboxylic acids is 2. The molecule has 0 radical (unpaired) electrons. The maximum atomic E-state index is 13.3. The van der Waals surface area contributed by atoms with Crippen LogP contribution in [-0.4, -0.2) is 18.4 Å². The predicted molar refractivity (Wildman–Crippen MR) is 73.9 cm³/mol. The highest BCUT2D eigenvalue weighted by Crippen LogP contribution is 2.14. The average molecular weight is 324 g/mol. The monoisotopic (exact) mass is 324 g/mol. The van der Waals surface area contributed by atoms with E-state index in [1.54, 1.807) is 0 Å². The van der Waals surface area contributed by atoms with Crippen LogP contribution < -0.4 is 15.6 Å². The molecule has 2 aromatic carbocycles. The summed E-state index contributed by atoms with van der Waals surface area (Å²) >= 11 is 0. The summed E-state index contributed by atoms with van der Waals surface area (Å²) in [4.78, 5) is 23.1. The fraction of sp³-hybridized carbons (Fsp3) is 0.0667. The van der Waals surface area contributed by atoms with Gasteiger partial charge in [-0.1, -0.05) is 12.1 Å². The van der Waals surface area contributed by atoms with Crippen LogP contribution in [0.25, 0.3) is 0 Å². The molecule has 2 amide bonds. The largest absolute Gasteiger partial charge is 0.481 e. The molecule has 0 unspecified atom stereocenters. The van der Waals surface area contributed by atoms with Crippen molar-refractivity contribution in [3.05, 3.63) is 65.5 Å².